The molecule has 4 aliphatic rings. The molecular formula is C20H34O2Se2. The second-order valence-electron chi connectivity index (χ2n) is 10.8. The number of hydrogen-bond acceptors (Lipinski definition) is 2. The molecule has 0 saturated heterocycles. The molecule has 0 heterocycles. The third kappa shape index (κ3) is 2.71. The zero-order valence-electron chi connectivity index (χ0n) is 16.0. The first-order valence-corrected chi connectivity index (χ1v) is 16.0. The normalized spacial score (nSPS) is 57.0. The van der Waals surface area contributed by atoms with Crippen LogP contribution in [-0.2, 0) is 0 Å². The summed E-state index contributed by atoms with van der Waals surface area (Å²) >= 11 is 1.00. The SMILES string of the molecule is CC1(C)[C@@H]2C[C@@H]([Se][Se][C@@H]3C[C@@H]4[C@H](C[C@@]3(C)O)C4(C)C)[C@](C)(O)C[C@@H]21. The van der Waals surface area contributed by atoms with Crippen LogP contribution in [0.4, 0.5) is 0 Å². The summed E-state index contributed by atoms with van der Waals surface area (Å²) in [6.07, 6.45) is 4.48. The van der Waals surface area contributed by atoms with E-state index in [9.17, 15) is 10.2 Å². The Morgan fingerprint density at radius 1 is 0.625 bits per heavy atom. The molecule has 4 fully saturated rings. The Kier molecular flexibility index (Phi) is 4.02. The molecule has 4 heteroatoms. The van der Waals surface area contributed by atoms with Gasteiger partial charge in [0, 0.05) is 0 Å². The van der Waals surface area contributed by atoms with Crippen LogP contribution in [0, 0.1) is 34.5 Å². The van der Waals surface area contributed by atoms with Crippen molar-refractivity contribution in [1.29, 1.82) is 0 Å². The summed E-state index contributed by atoms with van der Waals surface area (Å²) in [5, 5.41) is 22.1. The number of hydrogen-bond donors (Lipinski definition) is 2. The molecule has 0 unspecified atom stereocenters. The summed E-state index contributed by atoms with van der Waals surface area (Å²) in [4.78, 5) is 1.02. The Balaban J connectivity index is 1.39. The average molecular weight is 464 g/mol. The van der Waals surface area contributed by atoms with Crippen LogP contribution in [0.5, 0.6) is 0 Å². The molecule has 0 aromatic carbocycles. The Morgan fingerprint density at radius 2 is 0.958 bits per heavy atom. The van der Waals surface area contributed by atoms with Crippen molar-refractivity contribution in [3.63, 3.8) is 0 Å². The molecule has 0 spiro atoms. The molecule has 0 amide bonds. The van der Waals surface area contributed by atoms with E-state index in [-0.39, 0.29) is 0 Å². The molecule has 0 aromatic rings. The van der Waals surface area contributed by atoms with Gasteiger partial charge in [-0.15, -0.1) is 0 Å². The van der Waals surface area contributed by atoms with Crippen LogP contribution in [0.2, 0.25) is 9.63 Å². The molecule has 2 nitrogen and oxygen atoms in total. The van der Waals surface area contributed by atoms with Crippen LogP contribution < -0.4 is 0 Å². The Bertz CT molecular complexity index is 492. The van der Waals surface area contributed by atoms with Gasteiger partial charge in [-0.25, -0.2) is 0 Å². The van der Waals surface area contributed by atoms with Gasteiger partial charge in [0.1, 0.15) is 0 Å². The maximum atomic E-state index is 11.0. The molecular weight excluding hydrogens is 430 g/mol. The minimum atomic E-state index is -0.460. The summed E-state index contributed by atoms with van der Waals surface area (Å²) in [5.41, 5.74) is 0.00398. The van der Waals surface area contributed by atoms with E-state index >= 15 is 0 Å². The first-order valence-electron chi connectivity index (χ1n) is 9.64. The number of rotatable bonds is 3. The fourth-order valence-corrected chi connectivity index (χ4v) is 18.2. The number of aliphatic hydroxyl groups is 2. The van der Waals surface area contributed by atoms with Crippen LogP contribution in [0.1, 0.15) is 67.2 Å². The van der Waals surface area contributed by atoms with Crippen LogP contribution in [-0.4, -0.2) is 47.7 Å². The molecule has 4 rings (SSSR count). The van der Waals surface area contributed by atoms with Gasteiger partial charge in [-0.05, 0) is 0 Å². The molecule has 0 bridgehead atoms. The van der Waals surface area contributed by atoms with Crippen molar-refractivity contribution in [3.8, 4) is 0 Å². The van der Waals surface area contributed by atoms with E-state index in [4.69, 9.17) is 0 Å². The van der Waals surface area contributed by atoms with Crippen molar-refractivity contribution in [2.45, 2.75) is 88.1 Å². The summed E-state index contributed by atoms with van der Waals surface area (Å²) in [6.45, 7) is 13.7. The van der Waals surface area contributed by atoms with E-state index in [0.717, 1.165) is 36.5 Å². The van der Waals surface area contributed by atoms with Gasteiger partial charge >= 0.3 is 159 Å². The second kappa shape index (κ2) is 5.27. The van der Waals surface area contributed by atoms with E-state index in [2.05, 4.69) is 41.5 Å². The predicted molar refractivity (Wildman–Crippen MR) is 100 cm³/mol. The maximum absolute atomic E-state index is 11.0. The van der Waals surface area contributed by atoms with Crippen LogP contribution in [0.3, 0.4) is 0 Å². The van der Waals surface area contributed by atoms with E-state index in [1.54, 1.807) is 0 Å². The van der Waals surface area contributed by atoms with Crippen molar-refractivity contribution >= 4 is 26.3 Å². The van der Waals surface area contributed by atoms with Crippen molar-refractivity contribution in [2.75, 3.05) is 0 Å². The van der Waals surface area contributed by atoms with Gasteiger partial charge in [-0.3, -0.25) is 0 Å². The quantitative estimate of drug-likeness (QED) is 0.628. The molecule has 2 N–H and O–H groups in total. The minimum absolute atomic E-state index is 0.460. The predicted octanol–water partition coefficient (Wildman–Crippen LogP) is 3.52. The summed E-state index contributed by atoms with van der Waals surface area (Å²) < 4.78 is 0. The Labute approximate surface area is 158 Å². The molecule has 4 aliphatic carbocycles. The van der Waals surface area contributed by atoms with E-state index < -0.39 is 11.2 Å². The van der Waals surface area contributed by atoms with Gasteiger partial charge in [-0.2, -0.15) is 0 Å². The molecule has 4 saturated carbocycles. The van der Waals surface area contributed by atoms with Gasteiger partial charge in [-0.1, -0.05) is 0 Å². The monoisotopic (exact) mass is 466 g/mol. The topological polar surface area (TPSA) is 40.5 Å². The average Bonchev–Trinajstić information content (AvgIpc) is 3.15. The Morgan fingerprint density at radius 3 is 1.29 bits per heavy atom. The van der Waals surface area contributed by atoms with Crippen LogP contribution in [0.25, 0.3) is 0 Å². The standard InChI is InChI=1S/C20H34O2Se2/c1-17(2)11-7-15(19(5,21)9-13(11)17)23-24-16-8-12-14(18(12,3)4)10-20(16,6)22/h11-16,21-22H,7-10H2,1-6H3/t11-,12-,13+,14+,15-,16-,19-,20-/m1/s1. The van der Waals surface area contributed by atoms with Crippen molar-refractivity contribution in [3.05, 3.63) is 0 Å². The second-order valence-corrected chi connectivity index (χ2v) is 18.2. The fourth-order valence-electron chi connectivity index (χ4n) is 6.00. The van der Waals surface area contributed by atoms with E-state index in [1.165, 1.54) is 12.8 Å². The third-order valence-corrected chi connectivity index (χ3v) is 18.9. The van der Waals surface area contributed by atoms with E-state index in [1.807, 2.05) is 0 Å². The summed E-state index contributed by atoms with van der Waals surface area (Å²) in [5.74, 6) is 3.19. The third-order valence-electron chi connectivity index (χ3n) is 8.45. The van der Waals surface area contributed by atoms with Gasteiger partial charge in [0.25, 0.3) is 0 Å². The van der Waals surface area contributed by atoms with E-state index in [0.29, 0.717) is 46.7 Å². The van der Waals surface area contributed by atoms with Gasteiger partial charge in [0.15, 0.2) is 0 Å². The zero-order chi connectivity index (χ0) is 17.7. The first-order chi connectivity index (χ1) is 10.9. The summed E-state index contributed by atoms with van der Waals surface area (Å²) in [6, 6.07) is 0. The van der Waals surface area contributed by atoms with Crippen molar-refractivity contribution < 1.29 is 10.2 Å². The molecule has 0 radical (unpaired) electrons. The Hall–Kier alpha value is 0.959. The van der Waals surface area contributed by atoms with Crippen LogP contribution in [0.15, 0.2) is 0 Å². The van der Waals surface area contributed by atoms with Gasteiger partial charge in [0.2, 0.25) is 0 Å². The van der Waals surface area contributed by atoms with Crippen LogP contribution >= 0.6 is 0 Å². The van der Waals surface area contributed by atoms with Gasteiger partial charge in [0.05, 0.1) is 0 Å². The zero-order valence-corrected chi connectivity index (χ0v) is 19.4. The molecule has 0 aliphatic heterocycles. The molecule has 8 atom stereocenters. The van der Waals surface area contributed by atoms with Gasteiger partial charge < -0.3 is 0 Å². The first kappa shape index (κ1) is 18.3. The van der Waals surface area contributed by atoms with Crippen molar-refractivity contribution in [1.82, 2.24) is 0 Å². The summed E-state index contributed by atoms with van der Waals surface area (Å²) in [7, 11) is 0. The number of fused-ring (bicyclic) bond motifs is 2. The molecule has 138 valence electrons. The van der Waals surface area contributed by atoms with Crippen molar-refractivity contribution in [2.24, 2.45) is 34.5 Å². The molecule has 0 aromatic heterocycles. The molecule has 24 heavy (non-hydrogen) atoms. The fraction of sp³-hybridized carbons (Fsp3) is 1.00.